The molecule has 1 heterocycles. The highest BCUT2D eigenvalue weighted by atomic mass is 16.5. The van der Waals surface area contributed by atoms with Gasteiger partial charge in [0.1, 0.15) is 18.5 Å². The van der Waals surface area contributed by atoms with Gasteiger partial charge >= 0.3 is 0 Å². The van der Waals surface area contributed by atoms with Crippen molar-refractivity contribution in [3.8, 4) is 5.75 Å². The van der Waals surface area contributed by atoms with Gasteiger partial charge in [0.25, 0.3) is 0 Å². The average molecular weight is 353 g/mol. The summed E-state index contributed by atoms with van der Waals surface area (Å²) in [5, 5.41) is 12.5. The van der Waals surface area contributed by atoms with Gasteiger partial charge in [-0.3, -0.25) is 14.5 Å². The molecular weight excluding hydrogens is 330 g/mol. The molecule has 4 rings (SSSR count). The number of fused-ring (bicyclic) bond motifs is 2. The van der Waals surface area contributed by atoms with Crippen LogP contribution in [0.25, 0.3) is 10.8 Å². The summed E-state index contributed by atoms with van der Waals surface area (Å²) in [6.07, 6.45) is 2.68. The zero-order valence-electron chi connectivity index (χ0n) is 14.6. The van der Waals surface area contributed by atoms with Crippen LogP contribution >= 0.6 is 0 Å². The van der Waals surface area contributed by atoms with Crippen molar-refractivity contribution in [1.82, 2.24) is 4.90 Å². The summed E-state index contributed by atoms with van der Waals surface area (Å²) in [4.78, 5) is 26.2. The lowest BCUT2D eigenvalue weighted by Crippen LogP contribution is -2.40. The Kier molecular flexibility index (Phi) is 4.64. The van der Waals surface area contributed by atoms with E-state index in [0.717, 1.165) is 36.5 Å². The summed E-state index contributed by atoms with van der Waals surface area (Å²) in [7, 11) is 0. The zero-order valence-corrected chi connectivity index (χ0v) is 14.6. The number of rotatable bonds is 5. The van der Waals surface area contributed by atoms with E-state index in [4.69, 9.17) is 4.74 Å². The Labute approximate surface area is 152 Å². The van der Waals surface area contributed by atoms with E-state index in [1.165, 1.54) is 4.90 Å². The molecule has 2 aliphatic rings. The van der Waals surface area contributed by atoms with Crippen molar-refractivity contribution >= 4 is 22.6 Å². The molecule has 0 spiro atoms. The molecule has 26 heavy (non-hydrogen) atoms. The van der Waals surface area contributed by atoms with Crippen molar-refractivity contribution in [3.05, 3.63) is 42.5 Å². The molecule has 0 bridgehead atoms. The maximum atomic E-state index is 12.5. The standard InChI is InChI=1S/C21H23NO4/c23-16(12-22-20(24)18-7-3-4-8-19(18)21(22)25)13-26-17-10-9-14-5-1-2-6-15(14)11-17/h1-2,5-6,9-11,16,18-19,23H,3-4,7-8,12-13H2. The first-order chi connectivity index (χ1) is 12.6. The van der Waals surface area contributed by atoms with Gasteiger partial charge in [0.2, 0.25) is 11.8 Å². The lowest BCUT2D eigenvalue weighted by molar-refractivity contribution is -0.141. The van der Waals surface area contributed by atoms with E-state index in [9.17, 15) is 14.7 Å². The molecule has 2 aromatic carbocycles. The lowest BCUT2D eigenvalue weighted by Gasteiger charge is -2.19. The Morgan fingerprint density at radius 2 is 1.65 bits per heavy atom. The first-order valence-corrected chi connectivity index (χ1v) is 9.28. The number of hydrogen-bond donors (Lipinski definition) is 1. The highest BCUT2D eigenvalue weighted by Crippen LogP contribution is 2.38. The number of carbonyl (C=O) groups is 2. The van der Waals surface area contributed by atoms with Crippen LogP contribution in [0.3, 0.4) is 0 Å². The molecule has 1 saturated heterocycles. The fourth-order valence-corrected chi connectivity index (χ4v) is 4.12. The average Bonchev–Trinajstić information content (AvgIpc) is 2.91. The summed E-state index contributed by atoms with van der Waals surface area (Å²) < 4.78 is 5.68. The largest absolute Gasteiger partial charge is 0.491 e. The maximum absolute atomic E-state index is 12.5. The van der Waals surface area contributed by atoms with E-state index in [-0.39, 0.29) is 36.8 Å². The molecule has 0 radical (unpaired) electrons. The highest BCUT2D eigenvalue weighted by molar-refractivity contribution is 6.05. The Hall–Kier alpha value is -2.40. The van der Waals surface area contributed by atoms with Crippen LogP contribution < -0.4 is 4.74 Å². The van der Waals surface area contributed by atoms with Crippen molar-refractivity contribution in [2.75, 3.05) is 13.2 Å². The third kappa shape index (κ3) is 3.19. The predicted molar refractivity (Wildman–Crippen MR) is 97.6 cm³/mol. The zero-order chi connectivity index (χ0) is 18.1. The van der Waals surface area contributed by atoms with Gasteiger partial charge in [-0.2, -0.15) is 0 Å². The minimum absolute atomic E-state index is 0.0122. The molecule has 2 amide bonds. The minimum Gasteiger partial charge on any atom is -0.491 e. The maximum Gasteiger partial charge on any atom is 0.233 e. The molecule has 3 unspecified atom stereocenters. The van der Waals surface area contributed by atoms with Gasteiger partial charge in [0.05, 0.1) is 18.4 Å². The monoisotopic (exact) mass is 353 g/mol. The van der Waals surface area contributed by atoms with Gasteiger partial charge in [-0.05, 0) is 35.7 Å². The van der Waals surface area contributed by atoms with Crippen LogP contribution in [0.15, 0.2) is 42.5 Å². The molecular formula is C21H23NO4. The lowest BCUT2D eigenvalue weighted by atomic mass is 9.81. The molecule has 1 aliphatic heterocycles. The third-order valence-electron chi connectivity index (χ3n) is 5.49. The van der Waals surface area contributed by atoms with Crippen LogP contribution in [-0.4, -0.2) is 41.1 Å². The summed E-state index contributed by atoms with van der Waals surface area (Å²) in [5.74, 6) is 0.0686. The van der Waals surface area contributed by atoms with Gasteiger partial charge < -0.3 is 9.84 Å². The second-order valence-corrected chi connectivity index (χ2v) is 7.26. The first-order valence-electron chi connectivity index (χ1n) is 9.28. The molecule has 2 aromatic rings. The predicted octanol–water partition coefficient (Wildman–Crippen LogP) is 2.75. The number of ether oxygens (including phenoxy) is 1. The molecule has 5 nitrogen and oxygen atoms in total. The number of aliphatic hydroxyl groups is 1. The molecule has 3 atom stereocenters. The van der Waals surface area contributed by atoms with Crippen LogP contribution in [0.5, 0.6) is 5.75 Å². The number of amides is 2. The van der Waals surface area contributed by atoms with E-state index >= 15 is 0 Å². The van der Waals surface area contributed by atoms with E-state index in [2.05, 4.69) is 0 Å². The molecule has 1 aliphatic carbocycles. The molecule has 1 N–H and O–H groups in total. The normalized spacial score (nSPS) is 24.0. The van der Waals surface area contributed by atoms with Gasteiger partial charge in [-0.15, -0.1) is 0 Å². The van der Waals surface area contributed by atoms with Gasteiger partial charge in [0.15, 0.2) is 0 Å². The Balaban J connectivity index is 1.36. The molecule has 2 fully saturated rings. The number of benzene rings is 2. The quantitative estimate of drug-likeness (QED) is 0.840. The van der Waals surface area contributed by atoms with Crippen LogP contribution in [0, 0.1) is 11.8 Å². The van der Waals surface area contributed by atoms with Crippen molar-refractivity contribution < 1.29 is 19.4 Å². The summed E-state index contributed by atoms with van der Waals surface area (Å²) in [5.41, 5.74) is 0. The van der Waals surface area contributed by atoms with Crippen LogP contribution in [0.4, 0.5) is 0 Å². The van der Waals surface area contributed by atoms with E-state index < -0.39 is 6.10 Å². The molecule has 1 saturated carbocycles. The van der Waals surface area contributed by atoms with Crippen molar-refractivity contribution in [3.63, 3.8) is 0 Å². The van der Waals surface area contributed by atoms with Crippen LogP contribution in [-0.2, 0) is 9.59 Å². The second-order valence-electron chi connectivity index (χ2n) is 7.26. The third-order valence-corrected chi connectivity index (χ3v) is 5.49. The van der Waals surface area contributed by atoms with Crippen molar-refractivity contribution in [2.45, 2.75) is 31.8 Å². The Bertz CT molecular complexity index is 810. The van der Waals surface area contributed by atoms with E-state index in [0.29, 0.717) is 5.75 Å². The number of carbonyl (C=O) groups excluding carboxylic acids is 2. The van der Waals surface area contributed by atoms with Gasteiger partial charge in [0, 0.05) is 0 Å². The van der Waals surface area contributed by atoms with E-state index in [1.54, 1.807) is 0 Å². The van der Waals surface area contributed by atoms with Crippen molar-refractivity contribution in [2.24, 2.45) is 11.8 Å². The van der Waals surface area contributed by atoms with Crippen LogP contribution in [0.1, 0.15) is 25.7 Å². The second kappa shape index (κ2) is 7.08. The highest BCUT2D eigenvalue weighted by Gasteiger charge is 2.48. The number of nitrogens with zero attached hydrogens (tertiary/aromatic N) is 1. The van der Waals surface area contributed by atoms with Gasteiger partial charge in [-0.25, -0.2) is 0 Å². The first kappa shape index (κ1) is 17.0. The summed E-state index contributed by atoms with van der Waals surface area (Å²) in [6, 6.07) is 13.7. The summed E-state index contributed by atoms with van der Waals surface area (Å²) >= 11 is 0. The number of likely N-dealkylation sites (tertiary alicyclic amines) is 1. The molecule has 5 heteroatoms. The minimum atomic E-state index is -0.894. The van der Waals surface area contributed by atoms with Crippen LogP contribution in [0.2, 0.25) is 0 Å². The topological polar surface area (TPSA) is 66.8 Å². The Morgan fingerprint density at radius 3 is 2.35 bits per heavy atom. The summed E-state index contributed by atoms with van der Waals surface area (Å²) in [6.45, 7) is 0.0585. The fraction of sp³-hybridized carbons (Fsp3) is 0.429. The molecule has 0 aromatic heterocycles. The Morgan fingerprint density at radius 1 is 1.00 bits per heavy atom. The van der Waals surface area contributed by atoms with E-state index in [1.807, 2.05) is 42.5 Å². The van der Waals surface area contributed by atoms with Gasteiger partial charge in [-0.1, -0.05) is 43.2 Å². The number of β-amino-alcohol motifs (C(OH)–C–C–N with tert-alkyl or cyclic N) is 1. The number of aliphatic hydroxyl groups excluding tert-OH is 1. The number of imide groups is 1. The van der Waals surface area contributed by atoms with Crippen molar-refractivity contribution in [1.29, 1.82) is 0 Å². The number of hydrogen-bond acceptors (Lipinski definition) is 4. The smallest absolute Gasteiger partial charge is 0.233 e. The SMILES string of the molecule is O=C1C2CCCCC2C(=O)N1CC(O)COc1ccc2ccccc2c1. The molecule has 136 valence electrons. The fourth-order valence-electron chi connectivity index (χ4n) is 4.12.